The van der Waals surface area contributed by atoms with E-state index in [1.807, 2.05) is 31.2 Å². The van der Waals surface area contributed by atoms with E-state index in [1.54, 1.807) is 12.1 Å². The zero-order valence-corrected chi connectivity index (χ0v) is 10.1. The zero-order chi connectivity index (χ0) is 12.4. The number of nitro benzene ring substituents is 1. The quantitative estimate of drug-likeness (QED) is 0.496. The lowest BCUT2D eigenvalue weighted by Gasteiger charge is -2.08. The second-order valence-corrected chi connectivity index (χ2v) is 4.26. The number of rotatable bonds is 2. The Kier molecular flexibility index (Phi) is 3.15. The number of aryl methyl sites for hydroxylation is 1. The van der Waals surface area contributed by atoms with Gasteiger partial charge in [0, 0.05) is 17.0 Å². The summed E-state index contributed by atoms with van der Waals surface area (Å²) in [7, 11) is 0. The van der Waals surface area contributed by atoms with E-state index < -0.39 is 0 Å². The number of nitro groups is 1. The maximum atomic E-state index is 10.7. The van der Waals surface area contributed by atoms with E-state index in [0.29, 0.717) is 0 Å². The molecule has 0 aliphatic rings. The molecule has 0 aliphatic carbocycles. The molecule has 0 aromatic heterocycles. The summed E-state index contributed by atoms with van der Waals surface area (Å²) in [6.07, 6.45) is 0. The van der Waals surface area contributed by atoms with Gasteiger partial charge in [0.05, 0.1) is 4.92 Å². The molecule has 0 fully saturated rings. The Labute approximate surface area is 105 Å². The average Bonchev–Trinajstić information content (AvgIpc) is 2.30. The molecule has 0 atom stereocenters. The van der Waals surface area contributed by atoms with Gasteiger partial charge in [-0.2, -0.15) is 0 Å². The lowest BCUT2D eigenvalue weighted by Crippen LogP contribution is -1.91. The zero-order valence-electron chi connectivity index (χ0n) is 9.25. The lowest BCUT2D eigenvalue weighted by molar-refractivity contribution is -0.384. The Morgan fingerprint density at radius 2 is 1.82 bits per heavy atom. The van der Waals surface area contributed by atoms with Crippen molar-refractivity contribution in [3.63, 3.8) is 0 Å². The highest BCUT2D eigenvalue weighted by atomic mass is 32.1. The molecule has 2 aromatic carbocycles. The SMILES string of the molecule is Cc1cc([N+](=O)[O-])ccc1-c1ccccc1S. The number of hydrogen-bond donors (Lipinski definition) is 1. The third kappa shape index (κ3) is 2.31. The van der Waals surface area contributed by atoms with Gasteiger partial charge in [0.15, 0.2) is 0 Å². The molecule has 0 amide bonds. The third-order valence-corrected chi connectivity index (χ3v) is 3.01. The van der Waals surface area contributed by atoms with Crippen LogP contribution in [0.25, 0.3) is 11.1 Å². The highest BCUT2D eigenvalue weighted by molar-refractivity contribution is 7.80. The van der Waals surface area contributed by atoms with E-state index >= 15 is 0 Å². The summed E-state index contributed by atoms with van der Waals surface area (Å²) >= 11 is 4.39. The van der Waals surface area contributed by atoms with Gasteiger partial charge in [0.1, 0.15) is 0 Å². The van der Waals surface area contributed by atoms with Gasteiger partial charge in [-0.05, 0) is 35.7 Å². The summed E-state index contributed by atoms with van der Waals surface area (Å²) in [4.78, 5) is 11.1. The van der Waals surface area contributed by atoms with Crippen molar-refractivity contribution in [3.05, 3.63) is 58.1 Å². The van der Waals surface area contributed by atoms with Gasteiger partial charge in [-0.15, -0.1) is 12.6 Å². The van der Waals surface area contributed by atoms with Crippen LogP contribution in [0.5, 0.6) is 0 Å². The fraction of sp³-hybridized carbons (Fsp3) is 0.0769. The Hall–Kier alpha value is -1.81. The van der Waals surface area contributed by atoms with Crippen LogP contribution in [-0.2, 0) is 0 Å². The lowest BCUT2D eigenvalue weighted by atomic mass is 10.00. The van der Waals surface area contributed by atoms with Crippen molar-refractivity contribution in [1.29, 1.82) is 0 Å². The van der Waals surface area contributed by atoms with Crippen molar-refractivity contribution in [2.24, 2.45) is 0 Å². The van der Waals surface area contributed by atoms with Crippen LogP contribution in [0.1, 0.15) is 5.56 Å². The van der Waals surface area contributed by atoms with Gasteiger partial charge in [-0.1, -0.05) is 18.2 Å². The van der Waals surface area contributed by atoms with Gasteiger partial charge in [-0.25, -0.2) is 0 Å². The minimum atomic E-state index is -0.386. The van der Waals surface area contributed by atoms with Crippen LogP contribution in [0.2, 0.25) is 0 Å². The fourth-order valence-electron chi connectivity index (χ4n) is 1.77. The summed E-state index contributed by atoms with van der Waals surface area (Å²) in [5.41, 5.74) is 2.95. The van der Waals surface area contributed by atoms with Crippen molar-refractivity contribution < 1.29 is 4.92 Å². The fourth-order valence-corrected chi connectivity index (χ4v) is 2.05. The molecule has 86 valence electrons. The first-order valence-corrected chi connectivity index (χ1v) is 5.57. The summed E-state index contributed by atoms with van der Waals surface area (Å²) in [6, 6.07) is 12.6. The summed E-state index contributed by atoms with van der Waals surface area (Å²) < 4.78 is 0. The number of benzene rings is 2. The van der Waals surface area contributed by atoms with E-state index in [9.17, 15) is 10.1 Å². The van der Waals surface area contributed by atoms with E-state index in [2.05, 4.69) is 12.6 Å². The molecule has 0 bridgehead atoms. The average molecular weight is 245 g/mol. The molecule has 17 heavy (non-hydrogen) atoms. The van der Waals surface area contributed by atoms with Crippen LogP contribution in [0.15, 0.2) is 47.4 Å². The normalized spacial score (nSPS) is 10.2. The molecule has 2 aromatic rings. The summed E-state index contributed by atoms with van der Waals surface area (Å²) in [6.45, 7) is 1.86. The molecule has 4 heteroatoms. The predicted octanol–water partition coefficient (Wildman–Crippen LogP) is 3.86. The maximum Gasteiger partial charge on any atom is 0.269 e. The van der Waals surface area contributed by atoms with Crippen LogP contribution in [0, 0.1) is 17.0 Å². The smallest absolute Gasteiger partial charge is 0.258 e. The minimum absolute atomic E-state index is 0.114. The number of thiol groups is 1. The molecular formula is C13H11NO2S. The molecular weight excluding hydrogens is 234 g/mol. The minimum Gasteiger partial charge on any atom is -0.258 e. The Balaban J connectivity index is 2.55. The Morgan fingerprint density at radius 1 is 1.12 bits per heavy atom. The molecule has 0 saturated carbocycles. The molecule has 0 spiro atoms. The molecule has 0 N–H and O–H groups in total. The van der Waals surface area contributed by atoms with E-state index in [1.165, 1.54) is 6.07 Å². The predicted molar refractivity (Wildman–Crippen MR) is 70.5 cm³/mol. The molecule has 2 rings (SSSR count). The number of hydrogen-bond acceptors (Lipinski definition) is 3. The van der Waals surface area contributed by atoms with Crippen LogP contribution < -0.4 is 0 Å². The molecule has 0 aliphatic heterocycles. The Morgan fingerprint density at radius 3 is 2.41 bits per heavy atom. The first kappa shape index (κ1) is 11.7. The number of non-ortho nitro benzene ring substituents is 1. The second kappa shape index (κ2) is 4.59. The van der Waals surface area contributed by atoms with Crippen LogP contribution >= 0.6 is 12.6 Å². The van der Waals surface area contributed by atoms with Crippen LogP contribution in [0.4, 0.5) is 5.69 Å². The second-order valence-electron chi connectivity index (χ2n) is 3.77. The van der Waals surface area contributed by atoms with Crippen molar-refractivity contribution in [1.82, 2.24) is 0 Å². The van der Waals surface area contributed by atoms with Crippen molar-refractivity contribution >= 4 is 18.3 Å². The highest BCUT2D eigenvalue weighted by Gasteiger charge is 2.10. The molecule has 0 saturated heterocycles. The van der Waals surface area contributed by atoms with Crippen LogP contribution in [0.3, 0.4) is 0 Å². The van der Waals surface area contributed by atoms with E-state index in [4.69, 9.17) is 0 Å². The van der Waals surface area contributed by atoms with Crippen LogP contribution in [-0.4, -0.2) is 4.92 Å². The van der Waals surface area contributed by atoms with Gasteiger partial charge < -0.3 is 0 Å². The van der Waals surface area contributed by atoms with Gasteiger partial charge in [0.2, 0.25) is 0 Å². The first-order valence-electron chi connectivity index (χ1n) is 5.13. The van der Waals surface area contributed by atoms with E-state index in [0.717, 1.165) is 21.6 Å². The summed E-state index contributed by atoms with van der Waals surface area (Å²) in [5.74, 6) is 0. The number of nitrogens with zero attached hydrogens (tertiary/aromatic N) is 1. The molecule has 0 heterocycles. The van der Waals surface area contributed by atoms with Gasteiger partial charge in [-0.3, -0.25) is 10.1 Å². The standard InChI is InChI=1S/C13H11NO2S/c1-9-8-10(14(15)16)6-7-11(9)12-4-2-3-5-13(12)17/h2-8,17H,1H3. The van der Waals surface area contributed by atoms with Crippen molar-refractivity contribution in [2.45, 2.75) is 11.8 Å². The first-order chi connectivity index (χ1) is 8.09. The monoisotopic (exact) mass is 245 g/mol. The highest BCUT2D eigenvalue weighted by Crippen LogP contribution is 2.30. The molecule has 0 unspecified atom stereocenters. The third-order valence-electron chi connectivity index (χ3n) is 2.62. The van der Waals surface area contributed by atoms with Gasteiger partial charge in [0.25, 0.3) is 5.69 Å². The largest absolute Gasteiger partial charge is 0.269 e. The van der Waals surface area contributed by atoms with Gasteiger partial charge >= 0.3 is 0 Å². The Bertz CT molecular complexity index is 581. The topological polar surface area (TPSA) is 43.1 Å². The van der Waals surface area contributed by atoms with Crippen molar-refractivity contribution in [2.75, 3.05) is 0 Å². The van der Waals surface area contributed by atoms with Crippen molar-refractivity contribution in [3.8, 4) is 11.1 Å². The maximum absolute atomic E-state index is 10.7. The van der Waals surface area contributed by atoms with E-state index in [-0.39, 0.29) is 10.6 Å². The molecule has 0 radical (unpaired) electrons. The summed E-state index contributed by atoms with van der Waals surface area (Å²) in [5, 5.41) is 10.7. The molecule has 3 nitrogen and oxygen atoms in total.